The summed E-state index contributed by atoms with van der Waals surface area (Å²) < 4.78 is 20.2. The van der Waals surface area contributed by atoms with Gasteiger partial charge >= 0.3 is 14.6 Å². The molecule has 14 heavy (non-hydrogen) atoms. The van der Waals surface area contributed by atoms with Crippen LogP contribution in [0.1, 0.15) is 13.8 Å². The van der Waals surface area contributed by atoms with Crippen molar-refractivity contribution in [3.05, 3.63) is 12.2 Å². The van der Waals surface area contributed by atoms with Gasteiger partial charge in [-0.15, -0.1) is 0 Å². The first-order valence-corrected chi connectivity index (χ1v) is 5.28. The second kappa shape index (κ2) is 5.41. The van der Waals surface area contributed by atoms with Gasteiger partial charge in [-0.1, -0.05) is 6.58 Å². The van der Waals surface area contributed by atoms with Crippen LogP contribution in [-0.2, 0) is 23.1 Å². The van der Waals surface area contributed by atoms with Gasteiger partial charge in [0, 0.05) is 5.57 Å². The molecule has 0 aliphatic carbocycles. The van der Waals surface area contributed by atoms with Gasteiger partial charge in [-0.2, -0.15) is 0 Å². The van der Waals surface area contributed by atoms with Gasteiger partial charge in [0.15, 0.2) is 0 Å². The molecule has 0 spiro atoms. The van der Waals surface area contributed by atoms with Crippen molar-refractivity contribution in [1.82, 2.24) is 0 Å². The third kappa shape index (κ3) is 3.72. The maximum atomic E-state index is 11.1. The molecule has 0 amide bonds. The molecule has 1 atom stereocenters. The fraction of sp³-hybridized carbons (Fsp3) is 0.625. The molecular formula is C8H13O5P. The highest BCUT2D eigenvalue weighted by atomic mass is 31.2. The van der Waals surface area contributed by atoms with Crippen molar-refractivity contribution in [2.45, 2.75) is 20.1 Å². The molecule has 1 rings (SSSR count). The van der Waals surface area contributed by atoms with Gasteiger partial charge in [0.1, 0.15) is 0 Å². The minimum atomic E-state index is -1.34. The van der Waals surface area contributed by atoms with Gasteiger partial charge in [-0.3, -0.25) is 4.52 Å². The van der Waals surface area contributed by atoms with Crippen molar-refractivity contribution in [3.8, 4) is 0 Å². The van der Waals surface area contributed by atoms with Crippen molar-refractivity contribution >= 4 is 14.6 Å². The molecule has 1 heterocycles. The highest BCUT2D eigenvalue weighted by molar-refractivity contribution is 7.41. The summed E-state index contributed by atoms with van der Waals surface area (Å²) in [4.78, 5) is 11.1. The summed E-state index contributed by atoms with van der Waals surface area (Å²) in [5, 5.41) is 0. The summed E-state index contributed by atoms with van der Waals surface area (Å²) in [6.45, 7) is 7.67. The normalized spacial score (nSPS) is 19.3. The van der Waals surface area contributed by atoms with E-state index in [9.17, 15) is 4.79 Å². The van der Waals surface area contributed by atoms with Crippen molar-refractivity contribution in [1.29, 1.82) is 0 Å². The van der Waals surface area contributed by atoms with Crippen LogP contribution >= 0.6 is 8.60 Å². The molecule has 0 aromatic rings. The molecule has 0 saturated carbocycles. The van der Waals surface area contributed by atoms with Gasteiger partial charge in [-0.05, 0) is 13.8 Å². The van der Waals surface area contributed by atoms with Crippen LogP contribution in [-0.4, -0.2) is 25.5 Å². The molecule has 1 aliphatic rings. The van der Waals surface area contributed by atoms with E-state index in [-0.39, 0.29) is 0 Å². The molecule has 1 fully saturated rings. The molecule has 0 N–H and O–H groups in total. The molecule has 0 bridgehead atoms. The Labute approximate surface area is 84.0 Å². The smallest absolute Gasteiger partial charge is 0.336 e. The second-order valence-electron chi connectivity index (χ2n) is 2.75. The quantitative estimate of drug-likeness (QED) is 0.312. The summed E-state index contributed by atoms with van der Waals surface area (Å²) >= 11 is 0. The maximum Gasteiger partial charge on any atom is 0.336 e. The summed E-state index contributed by atoms with van der Waals surface area (Å²) in [5.74, 6) is -0.480. The zero-order valence-electron chi connectivity index (χ0n) is 8.19. The van der Waals surface area contributed by atoms with Crippen LogP contribution in [0.15, 0.2) is 12.2 Å². The first-order valence-electron chi connectivity index (χ1n) is 4.19. The number of rotatable bonds is 4. The van der Waals surface area contributed by atoms with E-state index in [0.29, 0.717) is 18.8 Å². The zero-order valence-corrected chi connectivity index (χ0v) is 9.08. The van der Waals surface area contributed by atoms with Crippen LogP contribution in [0.5, 0.6) is 0 Å². The lowest BCUT2D eigenvalue weighted by Crippen LogP contribution is -2.16. The predicted molar refractivity (Wildman–Crippen MR) is 50.3 cm³/mol. The Hall–Kier alpha value is -0.480. The molecule has 5 nitrogen and oxygen atoms in total. The SMILES string of the molecule is C=C(C)C(=O)OC(C)OP1OCCO1. The molecule has 80 valence electrons. The van der Waals surface area contributed by atoms with E-state index < -0.39 is 20.9 Å². The van der Waals surface area contributed by atoms with E-state index in [2.05, 4.69) is 6.58 Å². The molecule has 0 aromatic heterocycles. The molecule has 0 radical (unpaired) electrons. The second-order valence-corrected chi connectivity index (χ2v) is 3.92. The van der Waals surface area contributed by atoms with Crippen LogP contribution in [0, 0.1) is 0 Å². The summed E-state index contributed by atoms with van der Waals surface area (Å²) in [6.07, 6.45) is -0.677. The number of carbonyl (C=O) groups excluding carboxylic acids is 1. The summed E-state index contributed by atoms with van der Waals surface area (Å²) in [5.41, 5.74) is 0.335. The number of esters is 1. The van der Waals surface area contributed by atoms with Crippen molar-refractivity contribution in [3.63, 3.8) is 0 Å². The lowest BCUT2D eigenvalue weighted by molar-refractivity contribution is -0.156. The van der Waals surface area contributed by atoms with Crippen molar-refractivity contribution < 1.29 is 23.1 Å². The topological polar surface area (TPSA) is 54.0 Å². The van der Waals surface area contributed by atoms with Gasteiger partial charge < -0.3 is 13.8 Å². The molecular weight excluding hydrogens is 207 g/mol. The number of carbonyl (C=O) groups is 1. The average Bonchev–Trinajstić information content (AvgIpc) is 2.56. The third-order valence-corrected chi connectivity index (χ3v) is 2.59. The van der Waals surface area contributed by atoms with Crippen LogP contribution in [0.3, 0.4) is 0 Å². The van der Waals surface area contributed by atoms with Crippen LogP contribution in [0.2, 0.25) is 0 Å². The van der Waals surface area contributed by atoms with E-state index in [1.807, 2.05) is 0 Å². The van der Waals surface area contributed by atoms with Crippen molar-refractivity contribution in [2.75, 3.05) is 13.2 Å². The Bertz CT molecular complexity index is 224. The lowest BCUT2D eigenvalue weighted by atomic mass is 10.4. The minimum absolute atomic E-state index is 0.335. The standard InChI is InChI=1S/C8H13O5P/c1-6(2)8(9)12-7(3)13-14-10-4-5-11-14/h7H,1,4-5H2,2-3H3. The average molecular weight is 220 g/mol. The number of hydrogen-bond donors (Lipinski definition) is 0. The predicted octanol–water partition coefficient (Wildman–Crippen LogP) is 1.74. The first-order chi connectivity index (χ1) is 6.59. The van der Waals surface area contributed by atoms with Crippen LogP contribution < -0.4 is 0 Å². The zero-order chi connectivity index (χ0) is 10.6. The molecule has 1 aliphatic heterocycles. The monoisotopic (exact) mass is 220 g/mol. The maximum absolute atomic E-state index is 11.1. The van der Waals surface area contributed by atoms with Crippen LogP contribution in [0.4, 0.5) is 0 Å². The minimum Gasteiger partial charge on any atom is -0.432 e. The fourth-order valence-corrected chi connectivity index (χ4v) is 1.64. The Morgan fingerprint density at radius 1 is 1.50 bits per heavy atom. The fourth-order valence-electron chi connectivity index (χ4n) is 0.716. The van der Waals surface area contributed by atoms with E-state index in [1.165, 1.54) is 0 Å². The van der Waals surface area contributed by atoms with Crippen LogP contribution in [0.25, 0.3) is 0 Å². The Morgan fingerprint density at radius 2 is 2.07 bits per heavy atom. The first kappa shape index (κ1) is 11.6. The van der Waals surface area contributed by atoms with Crippen molar-refractivity contribution in [2.24, 2.45) is 0 Å². The van der Waals surface area contributed by atoms with Gasteiger partial charge in [0.05, 0.1) is 13.2 Å². The van der Waals surface area contributed by atoms with E-state index in [4.69, 9.17) is 18.3 Å². The van der Waals surface area contributed by atoms with Gasteiger partial charge in [0.2, 0.25) is 6.29 Å². The lowest BCUT2D eigenvalue weighted by Gasteiger charge is -2.15. The number of hydrogen-bond acceptors (Lipinski definition) is 5. The molecule has 0 aromatic carbocycles. The molecule has 1 unspecified atom stereocenters. The van der Waals surface area contributed by atoms with Gasteiger partial charge in [-0.25, -0.2) is 4.79 Å². The van der Waals surface area contributed by atoms with E-state index in [0.717, 1.165) is 0 Å². The third-order valence-electron chi connectivity index (χ3n) is 1.33. The van der Waals surface area contributed by atoms with E-state index in [1.54, 1.807) is 13.8 Å². The summed E-state index contributed by atoms with van der Waals surface area (Å²) in [7, 11) is -1.34. The molecule has 1 saturated heterocycles. The highest BCUT2D eigenvalue weighted by Crippen LogP contribution is 2.44. The highest BCUT2D eigenvalue weighted by Gasteiger charge is 2.23. The summed E-state index contributed by atoms with van der Waals surface area (Å²) in [6, 6.07) is 0. The molecule has 6 heteroatoms. The Morgan fingerprint density at radius 3 is 2.57 bits per heavy atom. The number of ether oxygens (including phenoxy) is 1. The largest absolute Gasteiger partial charge is 0.432 e. The van der Waals surface area contributed by atoms with Gasteiger partial charge in [0.25, 0.3) is 0 Å². The Kier molecular flexibility index (Phi) is 4.48. The Balaban J connectivity index is 2.24. The van der Waals surface area contributed by atoms with E-state index >= 15 is 0 Å².